The zero-order valence-electron chi connectivity index (χ0n) is 12.5. The standard InChI is InChI=1S/C16H13F3N2O3/c1-9(24-14-5-3-2-4-13(14)19)15(22)20-21-16(23)11-8-10(17)6-7-12(11)18/h2-9H,1H3,(H,20,22)(H,21,23). The van der Waals surface area contributed by atoms with Gasteiger partial charge in [0.05, 0.1) is 5.56 Å². The number of hydrazine groups is 1. The average molecular weight is 338 g/mol. The zero-order chi connectivity index (χ0) is 17.7. The van der Waals surface area contributed by atoms with Crippen molar-refractivity contribution in [2.24, 2.45) is 0 Å². The Morgan fingerprint density at radius 3 is 2.42 bits per heavy atom. The molecule has 24 heavy (non-hydrogen) atoms. The number of benzene rings is 2. The van der Waals surface area contributed by atoms with E-state index in [0.29, 0.717) is 6.07 Å². The maximum atomic E-state index is 13.4. The van der Waals surface area contributed by atoms with Crippen molar-refractivity contribution in [1.29, 1.82) is 0 Å². The van der Waals surface area contributed by atoms with E-state index in [0.717, 1.165) is 18.2 Å². The molecule has 0 saturated heterocycles. The van der Waals surface area contributed by atoms with Crippen LogP contribution < -0.4 is 15.6 Å². The molecule has 0 spiro atoms. The van der Waals surface area contributed by atoms with Gasteiger partial charge in [-0.1, -0.05) is 12.1 Å². The molecule has 0 aliphatic carbocycles. The van der Waals surface area contributed by atoms with Crippen molar-refractivity contribution in [3.8, 4) is 5.75 Å². The average Bonchev–Trinajstić information content (AvgIpc) is 2.56. The molecule has 2 rings (SSSR count). The number of nitrogens with one attached hydrogen (secondary N) is 2. The minimum absolute atomic E-state index is 0.136. The van der Waals surface area contributed by atoms with E-state index in [1.165, 1.54) is 25.1 Å². The third-order valence-electron chi connectivity index (χ3n) is 2.98. The van der Waals surface area contributed by atoms with Gasteiger partial charge >= 0.3 is 0 Å². The smallest absolute Gasteiger partial charge is 0.279 e. The summed E-state index contributed by atoms with van der Waals surface area (Å²) in [6.45, 7) is 1.33. The summed E-state index contributed by atoms with van der Waals surface area (Å²) in [4.78, 5) is 23.5. The van der Waals surface area contributed by atoms with Crippen LogP contribution >= 0.6 is 0 Å². The summed E-state index contributed by atoms with van der Waals surface area (Å²) in [5, 5.41) is 0. The van der Waals surface area contributed by atoms with Crippen LogP contribution in [0.15, 0.2) is 42.5 Å². The summed E-state index contributed by atoms with van der Waals surface area (Å²) in [6.07, 6.45) is -1.14. The lowest BCUT2D eigenvalue weighted by molar-refractivity contribution is -0.128. The van der Waals surface area contributed by atoms with Gasteiger partial charge in [-0.3, -0.25) is 20.4 Å². The number of halogens is 3. The summed E-state index contributed by atoms with van der Waals surface area (Å²) in [5.74, 6) is -4.38. The first-order valence-corrected chi connectivity index (χ1v) is 6.85. The molecular weight excluding hydrogens is 325 g/mol. The molecule has 0 aliphatic heterocycles. The van der Waals surface area contributed by atoms with Gasteiger partial charge < -0.3 is 4.74 Å². The third-order valence-corrected chi connectivity index (χ3v) is 2.98. The van der Waals surface area contributed by atoms with E-state index in [-0.39, 0.29) is 5.75 Å². The Labute approximate surface area is 135 Å². The van der Waals surface area contributed by atoms with Crippen LogP contribution in [0.1, 0.15) is 17.3 Å². The lowest BCUT2D eigenvalue weighted by Gasteiger charge is -2.15. The topological polar surface area (TPSA) is 67.4 Å². The van der Waals surface area contributed by atoms with Crippen LogP contribution in [0.25, 0.3) is 0 Å². The first kappa shape index (κ1) is 17.3. The highest BCUT2D eigenvalue weighted by molar-refractivity contribution is 5.96. The predicted octanol–water partition coefficient (Wildman–Crippen LogP) is 2.33. The SMILES string of the molecule is CC(Oc1ccccc1F)C(=O)NNC(=O)c1cc(F)ccc1F. The van der Waals surface area contributed by atoms with Crippen LogP contribution in [0, 0.1) is 17.5 Å². The van der Waals surface area contributed by atoms with Gasteiger partial charge in [-0.2, -0.15) is 0 Å². The third kappa shape index (κ3) is 4.25. The highest BCUT2D eigenvalue weighted by Gasteiger charge is 2.18. The second kappa shape index (κ2) is 7.49. The van der Waals surface area contributed by atoms with Gasteiger partial charge in [0.15, 0.2) is 17.7 Å². The van der Waals surface area contributed by atoms with E-state index in [9.17, 15) is 22.8 Å². The molecule has 1 unspecified atom stereocenters. The van der Waals surface area contributed by atoms with Gasteiger partial charge in [0.2, 0.25) is 0 Å². The molecule has 5 nitrogen and oxygen atoms in total. The number of hydrogen-bond donors (Lipinski definition) is 2. The molecule has 8 heteroatoms. The number of carbonyl (C=O) groups excluding carboxylic acids is 2. The molecule has 0 saturated carbocycles. The Hall–Kier alpha value is -3.03. The summed E-state index contributed by atoms with van der Waals surface area (Å²) in [5.41, 5.74) is 3.35. The fourth-order valence-electron chi connectivity index (χ4n) is 1.74. The van der Waals surface area contributed by atoms with Gasteiger partial charge in [0.25, 0.3) is 11.8 Å². The summed E-state index contributed by atoms with van der Waals surface area (Å²) in [6, 6.07) is 7.81. The molecule has 0 aromatic heterocycles. The van der Waals surface area contributed by atoms with Gasteiger partial charge in [0, 0.05) is 0 Å². The molecule has 0 bridgehead atoms. The van der Waals surface area contributed by atoms with Crippen LogP contribution in [0.2, 0.25) is 0 Å². The van der Waals surface area contributed by atoms with E-state index in [2.05, 4.69) is 0 Å². The van der Waals surface area contributed by atoms with Crippen molar-refractivity contribution in [3.05, 3.63) is 65.5 Å². The largest absolute Gasteiger partial charge is 0.478 e. The molecule has 126 valence electrons. The van der Waals surface area contributed by atoms with Crippen molar-refractivity contribution < 1.29 is 27.5 Å². The van der Waals surface area contributed by atoms with Crippen molar-refractivity contribution in [1.82, 2.24) is 10.9 Å². The van der Waals surface area contributed by atoms with Crippen molar-refractivity contribution in [2.75, 3.05) is 0 Å². The highest BCUT2D eigenvalue weighted by atomic mass is 19.1. The van der Waals surface area contributed by atoms with Gasteiger partial charge in [-0.25, -0.2) is 13.2 Å². The lowest BCUT2D eigenvalue weighted by atomic mass is 10.2. The van der Waals surface area contributed by atoms with E-state index in [4.69, 9.17) is 4.74 Å². The molecule has 0 heterocycles. The van der Waals surface area contributed by atoms with E-state index in [1.54, 1.807) is 0 Å². The number of carbonyl (C=O) groups is 2. The predicted molar refractivity (Wildman–Crippen MR) is 78.5 cm³/mol. The monoisotopic (exact) mass is 338 g/mol. The van der Waals surface area contributed by atoms with Gasteiger partial charge in [0.1, 0.15) is 11.6 Å². The second-order valence-corrected chi connectivity index (χ2v) is 4.76. The van der Waals surface area contributed by atoms with Crippen molar-refractivity contribution >= 4 is 11.8 Å². The summed E-state index contributed by atoms with van der Waals surface area (Å²) < 4.78 is 45.0. The Morgan fingerprint density at radius 1 is 1.00 bits per heavy atom. The molecule has 0 fully saturated rings. The van der Waals surface area contributed by atoms with Crippen LogP contribution in [-0.4, -0.2) is 17.9 Å². The number of para-hydroxylation sites is 1. The minimum Gasteiger partial charge on any atom is -0.478 e. The van der Waals surface area contributed by atoms with Crippen molar-refractivity contribution in [2.45, 2.75) is 13.0 Å². The maximum Gasteiger partial charge on any atom is 0.279 e. The van der Waals surface area contributed by atoms with Crippen LogP contribution in [0.5, 0.6) is 5.75 Å². The molecule has 2 aromatic rings. The van der Waals surface area contributed by atoms with E-state index >= 15 is 0 Å². The fraction of sp³-hybridized carbons (Fsp3) is 0.125. The number of amides is 2. The van der Waals surface area contributed by atoms with Crippen LogP contribution in [-0.2, 0) is 4.79 Å². The molecule has 2 amide bonds. The number of ether oxygens (including phenoxy) is 1. The molecule has 2 aromatic carbocycles. The second-order valence-electron chi connectivity index (χ2n) is 4.76. The number of rotatable bonds is 4. The minimum atomic E-state index is -1.14. The van der Waals surface area contributed by atoms with Gasteiger partial charge in [-0.05, 0) is 37.3 Å². The summed E-state index contributed by atoms with van der Waals surface area (Å²) >= 11 is 0. The highest BCUT2D eigenvalue weighted by Crippen LogP contribution is 2.17. The normalized spacial score (nSPS) is 11.5. The van der Waals surface area contributed by atoms with Crippen molar-refractivity contribution in [3.63, 3.8) is 0 Å². The molecular formula is C16H13F3N2O3. The molecule has 0 aliphatic rings. The van der Waals surface area contributed by atoms with E-state index < -0.39 is 40.9 Å². The van der Waals surface area contributed by atoms with Crippen LogP contribution in [0.3, 0.4) is 0 Å². The Bertz CT molecular complexity index is 768. The van der Waals surface area contributed by atoms with Crippen LogP contribution in [0.4, 0.5) is 13.2 Å². The van der Waals surface area contributed by atoms with E-state index in [1.807, 2.05) is 10.9 Å². The molecule has 0 radical (unpaired) electrons. The Balaban J connectivity index is 1.93. The maximum absolute atomic E-state index is 13.4. The Kier molecular flexibility index (Phi) is 5.41. The first-order valence-electron chi connectivity index (χ1n) is 6.85. The lowest BCUT2D eigenvalue weighted by Crippen LogP contribution is -2.47. The Morgan fingerprint density at radius 2 is 1.71 bits per heavy atom. The van der Waals surface area contributed by atoms with Gasteiger partial charge in [-0.15, -0.1) is 0 Å². The molecule has 2 N–H and O–H groups in total. The fourth-order valence-corrected chi connectivity index (χ4v) is 1.74. The molecule has 1 atom stereocenters. The number of hydrogen-bond acceptors (Lipinski definition) is 3. The quantitative estimate of drug-likeness (QED) is 0.841. The summed E-state index contributed by atoms with van der Waals surface area (Å²) in [7, 11) is 0. The first-order chi connectivity index (χ1) is 11.4. The zero-order valence-corrected chi connectivity index (χ0v) is 12.5.